The molecular formula is C27H27N5OS. The molecule has 1 aromatic carbocycles. The number of anilines is 1. The van der Waals surface area contributed by atoms with E-state index in [1.165, 1.54) is 0 Å². The minimum atomic E-state index is -0.126. The average Bonchev–Trinajstić information content (AvgIpc) is 3.35. The number of ether oxygens (including phenoxy) is 1. The molecule has 0 radical (unpaired) electrons. The molecule has 1 aliphatic rings. The highest BCUT2D eigenvalue weighted by molar-refractivity contribution is 7.80. The number of pyridine rings is 2. The van der Waals surface area contributed by atoms with E-state index < -0.39 is 0 Å². The molecule has 0 aliphatic carbocycles. The van der Waals surface area contributed by atoms with Gasteiger partial charge in [-0.1, -0.05) is 24.3 Å². The molecule has 0 spiro atoms. The molecule has 1 N–H and O–H groups in total. The number of aryl methyl sites for hydroxylation is 2. The van der Waals surface area contributed by atoms with Crippen molar-refractivity contribution in [2.45, 2.75) is 32.9 Å². The van der Waals surface area contributed by atoms with Gasteiger partial charge in [-0.3, -0.25) is 4.98 Å². The maximum Gasteiger partial charge on any atom is 0.174 e. The van der Waals surface area contributed by atoms with E-state index >= 15 is 0 Å². The van der Waals surface area contributed by atoms with E-state index in [4.69, 9.17) is 17.0 Å². The minimum absolute atomic E-state index is 0.121. The molecule has 172 valence electrons. The molecule has 34 heavy (non-hydrogen) atoms. The fourth-order valence-electron chi connectivity index (χ4n) is 4.79. The third kappa shape index (κ3) is 3.72. The van der Waals surface area contributed by atoms with Crippen molar-refractivity contribution in [1.82, 2.24) is 19.9 Å². The number of rotatable bonds is 5. The molecule has 4 aromatic rings. The maximum atomic E-state index is 5.89. The SMILES string of the molecule is COc1ccccc1N1C(=S)N[C@H](c2ccccn2)[C@@H]1c1cc(C)n(-c2ccc(C)cn2)c1C. The minimum Gasteiger partial charge on any atom is -0.495 e. The van der Waals surface area contributed by atoms with Crippen LogP contribution in [-0.4, -0.2) is 26.8 Å². The van der Waals surface area contributed by atoms with Crippen LogP contribution in [0.25, 0.3) is 5.82 Å². The summed E-state index contributed by atoms with van der Waals surface area (Å²) in [6, 6.07) is 20.1. The van der Waals surface area contributed by atoms with Gasteiger partial charge in [-0.15, -0.1) is 0 Å². The van der Waals surface area contributed by atoms with Crippen LogP contribution in [0.15, 0.2) is 73.1 Å². The van der Waals surface area contributed by atoms with Crippen molar-refractivity contribution >= 4 is 23.0 Å². The van der Waals surface area contributed by atoms with E-state index in [0.29, 0.717) is 5.11 Å². The van der Waals surface area contributed by atoms with Crippen molar-refractivity contribution in [3.8, 4) is 11.6 Å². The highest BCUT2D eigenvalue weighted by Crippen LogP contribution is 2.45. The molecule has 5 rings (SSSR count). The summed E-state index contributed by atoms with van der Waals surface area (Å²) < 4.78 is 7.91. The van der Waals surface area contributed by atoms with Crippen molar-refractivity contribution in [1.29, 1.82) is 0 Å². The van der Waals surface area contributed by atoms with Crippen LogP contribution in [0.3, 0.4) is 0 Å². The Bertz CT molecular complexity index is 1330. The second-order valence-electron chi connectivity index (χ2n) is 8.52. The smallest absolute Gasteiger partial charge is 0.174 e. The topological polar surface area (TPSA) is 55.2 Å². The van der Waals surface area contributed by atoms with Gasteiger partial charge in [0.1, 0.15) is 11.6 Å². The van der Waals surface area contributed by atoms with Crippen LogP contribution >= 0.6 is 12.2 Å². The van der Waals surface area contributed by atoms with Crippen LogP contribution in [0.4, 0.5) is 5.69 Å². The molecule has 6 nitrogen and oxygen atoms in total. The zero-order chi connectivity index (χ0) is 23.8. The third-order valence-electron chi connectivity index (χ3n) is 6.36. The van der Waals surface area contributed by atoms with Gasteiger partial charge in [0.2, 0.25) is 0 Å². The summed E-state index contributed by atoms with van der Waals surface area (Å²) in [5, 5.41) is 4.18. The van der Waals surface area contributed by atoms with Crippen molar-refractivity contribution in [2.24, 2.45) is 0 Å². The van der Waals surface area contributed by atoms with Gasteiger partial charge in [-0.25, -0.2) is 4.98 Å². The predicted octanol–water partition coefficient (Wildman–Crippen LogP) is 5.38. The van der Waals surface area contributed by atoms with E-state index in [0.717, 1.165) is 45.5 Å². The van der Waals surface area contributed by atoms with Gasteiger partial charge >= 0.3 is 0 Å². The van der Waals surface area contributed by atoms with E-state index in [9.17, 15) is 0 Å². The summed E-state index contributed by atoms with van der Waals surface area (Å²) in [7, 11) is 1.69. The first-order valence-electron chi connectivity index (χ1n) is 11.2. The van der Waals surface area contributed by atoms with E-state index in [1.807, 2.05) is 61.8 Å². The molecule has 0 bridgehead atoms. The number of benzene rings is 1. The number of hydrogen-bond acceptors (Lipinski definition) is 4. The number of aromatic nitrogens is 3. The van der Waals surface area contributed by atoms with E-state index in [1.54, 1.807) is 7.11 Å². The Morgan fingerprint density at radius 3 is 2.47 bits per heavy atom. The van der Waals surface area contributed by atoms with Crippen LogP contribution in [0.5, 0.6) is 5.75 Å². The van der Waals surface area contributed by atoms with Gasteiger partial charge in [0.25, 0.3) is 0 Å². The fraction of sp³-hybridized carbons (Fsp3) is 0.222. The van der Waals surface area contributed by atoms with Gasteiger partial charge in [-0.05, 0) is 80.5 Å². The average molecular weight is 470 g/mol. The van der Waals surface area contributed by atoms with E-state index in [2.05, 4.69) is 56.8 Å². The van der Waals surface area contributed by atoms with Crippen LogP contribution in [0.1, 0.15) is 40.3 Å². The Labute approximate surface area is 205 Å². The van der Waals surface area contributed by atoms with Crippen molar-refractivity contribution in [2.75, 3.05) is 12.0 Å². The lowest BCUT2D eigenvalue weighted by Gasteiger charge is -2.29. The zero-order valence-corrected chi connectivity index (χ0v) is 20.5. The fourth-order valence-corrected chi connectivity index (χ4v) is 5.13. The molecule has 0 amide bonds. The van der Waals surface area contributed by atoms with Gasteiger partial charge in [0.05, 0.1) is 30.6 Å². The molecule has 3 aromatic heterocycles. The number of nitrogens with one attached hydrogen (secondary N) is 1. The summed E-state index contributed by atoms with van der Waals surface area (Å²) >= 11 is 5.89. The van der Waals surface area contributed by atoms with Crippen molar-refractivity contribution in [3.05, 3.63) is 101 Å². The molecular weight excluding hydrogens is 442 g/mol. The first-order valence-corrected chi connectivity index (χ1v) is 11.7. The number of methoxy groups -OCH3 is 1. The van der Waals surface area contributed by atoms with Gasteiger partial charge in [0.15, 0.2) is 5.11 Å². The highest BCUT2D eigenvalue weighted by Gasteiger charge is 2.43. The third-order valence-corrected chi connectivity index (χ3v) is 6.67. The van der Waals surface area contributed by atoms with Crippen molar-refractivity contribution < 1.29 is 4.74 Å². The second kappa shape index (κ2) is 8.91. The Morgan fingerprint density at radius 1 is 0.971 bits per heavy atom. The quantitative estimate of drug-likeness (QED) is 0.396. The van der Waals surface area contributed by atoms with Gasteiger partial charge in [-0.2, -0.15) is 0 Å². The standard InChI is InChI=1S/C27H27N5OS/c1-17-12-13-24(29-16-17)31-18(2)15-20(19(31)3)26-25(21-9-7-8-14-28-21)30-27(34)32(26)22-10-5-6-11-23(22)33-4/h5-16,25-26H,1-4H3,(H,30,34)/t25-,26+/m1/s1. The lowest BCUT2D eigenvalue weighted by atomic mass is 9.96. The van der Waals surface area contributed by atoms with Crippen LogP contribution in [0.2, 0.25) is 0 Å². The molecule has 1 fully saturated rings. The normalized spacial score (nSPS) is 17.6. The number of nitrogens with zero attached hydrogens (tertiary/aromatic N) is 4. The summed E-state index contributed by atoms with van der Waals surface area (Å²) in [5.74, 6) is 1.67. The Balaban J connectivity index is 1.70. The zero-order valence-electron chi connectivity index (χ0n) is 19.7. The van der Waals surface area contributed by atoms with Crippen LogP contribution in [0, 0.1) is 20.8 Å². The Hall–Kier alpha value is -3.71. The molecule has 1 saturated heterocycles. The first-order chi connectivity index (χ1) is 16.5. The highest BCUT2D eigenvalue weighted by atomic mass is 32.1. The second-order valence-corrected chi connectivity index (χ2v) is 8.91. The number of para-hydroxylation sites is 2. The molecule has 1 aliphatic heterocycles. The van der Waals surface area contributed by atoms with E-state index in [-0.39, 0.29) is 12.1 Å². The Kier molecular flexibility index (Phi) is 5.79. The lowest BCUT2D eigenvalue weighted by molar-refractivity contribution is 0.414. The molecule has 2 atom stereocenters. The largest absolute Gasteiger partial charge is 0.495 e. The van der Waals surface area contributed by atoms with Gasteiger partial charge < -0.3 is 19.5 Å². The number of hydrogen-bond donors (Lipinski definition) is 1. The first kappa shape index (κ1) is 22.1. The summed E-state index contributed by atoms with van der Waals surface area (Å²) in [6.07, 6.45) is 3.72. The summed E-state index contributed by atoms with van der Waals surface area (Å²) in [4.78, 5) is 11.5. The lowest BCUT2D eigenvalue weighted by Crippen LogP contribution is -2.30. The Morgan fingerprint density at radius 2 is 1.76 bits per heavy atom. The van der Waals surface area contributed by atoms with Crippen LogP contribution < -0.4 is 15.0 Å². The summed E-state index contributed by atoms with van der Waals surface area (Å²) in [5.41, 5.74) is 6.38. The molecule has 0 saturated carbocycles. The van der Waals surface area contributed by atoms with Crippen LogP contribution in [-0.2, 0) is 0 Å². The van der Waals surface area contributed by atoms with Crippen molar-refractivity contribution in [3.63, 3.8) is 0 Å². The summed E-state index contributed by atoms with van der Waals surface area (Å²) in [6.45, 7) is 6.30. The maximum absolute atomic E-state index is 5.89. The monoisotopic (exact) mass is 469 g/mol. The number of thiocarbonyl (C=S) groups is 1. The molecule has 4 heterocycles. The molecule has 0 unspecified atom stereocenters. The van der Waals surface area contributed by atoms with Gasteiger partial charge in [0, 0.05) is 23.8 Å². The predicted molar refractivity (Wildman–Crippen MR) is 139 cm³/mol. The molecule has 7 heteroatoms.